The summed E-state index contributed by atoms with van der Waals surface area (Å²) >= 11 is 0. The quantitative estimate of drug-likeness (QED) is 0.694. The average Bonchev–Trinajstić information content (AvgIpc) is 1.78. The van der Waals surface area contributed by atoms with Crippen molar-refractivity contribution >= 4 is 10.2 Å². The van der Waals surface area contributed by atoms with Gasteiger partial charge in [-0.2, -0.15) is 0 Å². The Bertz CT molecular complexity index is 178. The number of allylic oxidation sites excluding steroid dienone is 1. The summed E-state index contributed by atoms with van der Waals surface area (Å²) in [7, 11) is 1.21. The van der Waals surface area contributed by atoms with E-state index in [4.69, 9.17) is 0 Å². The first-order valence-corrected chi connectivity index (χ1v) is 6.82. The Hall–Kier alpha value is -0.443. The fourth-order valence-corrected chi connectivity index (χ4v) is 1.55. The summed E-state index contributed by atoms with van der Waals surface area (Å²) in [6, 6.07) is 1.18. The molecule has 2 N–H and O–H groups in total. The zero-order chi connectivity index (χ0) is 11.4. The minimum absolute atomic E-state index is 0.126. The Balaban J connectivity index is 4.41. The van der Waals surface area contributed by atoms with Crippen LogP contribution in [0.15, 0.2) is 11.9 Å². The third-order valence-corrected chi connectivity index (χ3v) is 1.84. The highest BCUT2D eigenvalue weighted by atomic mass is 28.1. The van der Waals surface area contributed by atoms with Crippen LogP contribution in [0.4, 0.5) is 0 Å². The highest BCUT2D eigenvalue weighted by molar-refractivity contribution is 6.09. The summed E-state index contributed by atoms with van der Waals surface area (Å²) in [6.07, 6.45) is 2.25. The maximum atomic E-state index is 3.49. The van der Waals surface area contributed by atoms with Gasteiger partial charge in [0.2, 0.25) is 0 Å². The van der Waals surface area contributed by atoms with Crippen molar-refractivity contribution in [1.82, 2.24) is 10.6 Å². The summed E-state index contributed by atoms with van der Waals surface area (Å²) < 4.78 is 0. The van der Waals surface area contributed by atoms with Crippen molar-refractivity contribution in [1.29, 1.82) is 0 Å². The number of nitrogens with one attached hydrogen (secondary N) is 2. The molecule has 0 spiro atoms. The lowest BCUT2D eigenvalue weighted by Crippen LogP contribution is -2.46. The lowest BCUT2D eigenvalue weighted by Gasteiger charge is -2.30. The van der Waals surface area contributed by atoms with E-state index in [9.17, 15) is 0 Å². The molecule has 0 aliphatic carbocycles. The molecule has 0 saturated heterocycles. The van der Waals surface area contributed by atoms with Crippen molar-refractivity contribution in [2.24, 2.45) is 0 Å². The van der Waals surface area contributed by atoms with Gasteiger partial charge in [0.05, 0.1) is 5.82 Å². The molecule has 14 heavy (non-hydrogen) atoms. The first-order chi connectivity index (χ1) is 6.14. The Morgan fingerprint density at radius 1 is 1.00 bits per heavy atom. The Morgan fingerprint density at radius 3 is 1.57 bits per heavy atom. The fraction of sp³-hybridized carbons (Fsp3) is 0.818. The normalized spacial score (nSPS) is 12.4. The highest BCUT2D eigenvalue weighted by Gasteiger charge is 2.15. The van der Waals surface area contributed by atoms with Gasteiger partial charge < -0.3 is 10.6 Å². The zero-order valence-electron chi connectivity index (χ0n) is 10.8. The lowest BCUT2D eigenvalue weighted by molar-refractivity contribution is 0.397. The van der Waals surface area contributed by atoms with E-state index < -0.39 is 0 Å². The molecule has 0 aliphatic heterocycles. The summed E-state index contributed by atoms with van der Waals surface area (Å²) in [4.78, 5) is 0. The van der Waals surface area contributed by atoms with Crippen LogP contribution in [-0.2, 0) is 0 Å². The summed E-state index contributed by atoms with van der Waals surface area (Å²) in [5.41, 5.74) is 0.252. The van der Waals surface area contributed by atoms with E-state index in [0.717, 1.165) is 0 Å². The molecule has 0 rings (SSSR count). The molecule has 0 aromatic heterocycles. The van der Waals surface area contributed by atoms with Gasteiger partial charge in [-0.1, -0.05) is 0 Å². The number of hydrogen-bond acceptors (Lipinski definition) is 2. The minimum atomic E-state index is 0.126. The predicted molar refractivity (Wildman–Crippen MR) is 68.6 cm³/mol. The Labute approximate surface area is 92.0 Å². The second kappa shape index (κ2) is 4.87. The Kier molecular flexibility index (Phi) is 4.72. The van der Waals surface area contributed by atoms with Gasteiger partial charge in [-0.05, 0) is 53.7 Å². The van der Waals surface area contributed by atoms with E-state index >= 15 is 0 Å². The summed E-state index contributed by atoms with van der Waals surface area (Å²) in [6.45, 7) is 13.1. The fourth-order valence-electron chi connectivity index (χ4n) is 1.15. The predicted octanol–water partition coefficient (Wildman–Crippen LogP) is 1.39. The van der Waals surface area contributed by atoms with Crippen LogP contribution in [0.1, 0.15) is 41.5 Å². The maximum absolute atomic E-state index is 3.49. The molecular weight excluding hydrogens is 188 g/mol. The van der Waals surface area contributed by atoms with Gasteiger partial charge in [-0.15, -0.1) is 0 Å². The molecule has 0 aromatic carbocycles. The molecule has 0 bridgehead atoms. The first kappa shape index (κ1) is 13.6. The molecule has 0 aliphatic rings. The van der Waals surface area contributed by atoms with E-state index in [1.807, 2.05) is 0 Å². The molecule has 0 amide bonds. The van der Waals surface area contributed by atoms with Crippen molar-refractivity contribution in [2.75, 3.05) is 0 Å². The molecule has 2 nitrogen and oxygen atoms in total. The van der Waals surface area contributed by atoms with Crippen LogP contribution in [-0.4, -0.2) is 21.3 Å². The van der Waals surface area contributed by atoms with E-state index in [-0.39, 0.29) is 11.1 Å². The molecule has 0 radical (unpaired) electrons. The topological polar surface area (TPSA) is 24.1 Å². The van der Waals surface area contributed by atoms with Crippen molar-refractivity contribution in [3.8, 4) is 0 Å². The van der Waals surface area contributed by atoms with Crippen LogP contribution in [0, 0.1) is 0 Å². The zero-order valence-corrected chi connectivity index (χ0v) is 12.8. The van der Waals surface area contributed by atoms with Crippen molar-refractivity contribution in [2.45, 2.75) is 58.7 Å². The van der Waals surface area contributed by atoms with Crippen molar-refractivity contribution < 1.29 is 0 Å². The van der Waals surface area contributed by atoms with Gasteiger partial charge in [0.15, 0.2) is 0 Å². The molecule has 0 heterocycles. The van der Waals surface area contributed by atoms with E-state index in [0.29, 0.717) is 0 Å². The largest absolute Gasteiger partial charge is 0.368 e. The highest BCUT2D eigenvalue weighted by Crippen LogP contribution is 2.07. The van der Waals surface area contributed by atoms with Crippen molar-refractivity contribution in [3.05, 3.63) is 11.9 Å². The molecule has 0 fully saturated rings. The minimum Gasteiger partial charge on any atom is -0.368 e. The van der Waals surface area contributed by atoms with Gasteiger partial charge in [0.25, 0.3) is 0 Å². The van der Waals surface area contributed by atoms with Crippen LogP contribution in [0.3, 0.4) is 0 Å². The van der Waals surface area contributed by atoms with E-state index in [1.54, 1.807) is 0 Å². The van der Waals surface area contributed by atoms with Crippen LogP contribution >= 0.6 is 0 Å². The van der Waals surface area contributed by atoms with E-state index in [2.05, 4.69) is 58.3 Å². The molecule has 0 unspecified atom stereocenters. The van der Waals surface area contributed by atoms with E-state index in [1.165, 1.54) is 22.1 Å². The Morgan fingerprint density at radius 2 is 1.36 bits per heavy atom. The van der Waals surface area contributed by atoms with Gasteiger partial charge in [0, 0.05) is 21.3 Å². The molecule has 3 heteroatoms. The van der Waals surface area contributed by atoms with Gasteiger partial charge >= 0.3 is 0 Å². The second-order valence-electron chi connectivity index (χ2n) is 5.78. The SMILES string of the molecule is CC(C)(C)NC(=CC[SiH3])NC(C)(C)C. The third kappa shape index (κ3) is 8.17. The maximum Gasteiger partial charge on any atom is 0.0950 e. The molecule has 0 aromatic rings. The molecule has 0 atom stereocenters. The average molecular weight is 214 g/mol. The monoisotopic (exact) mass is 214 g/mol. The van der Waals surface area contributed by atoms with Crippen LogP contribution in [0.2, 0.25) is 6.04 Å². The van der Waals surface area contributed by atoms with Gasteiger partial charge in [0.1, 0.15) is 0 Å². The van der Waals surface area contributed by atoms with Gasteiger partial charge in [-0.3, -0.25) is 0 Å². The van der Waals surface area contributed by atoms with Crippen LogP contribution < -0.4 is 10.6 Å². The number of rotatable bonds is 3. The van der Waals surface area contributed by atoms with Crippen LogP contribution in [0.25, 0.3) is 0 Å². The molecule has 84 valence electrons. The second-order valence-corrected chi connectivity index (χ2v) is 6.59. The number of hydrogen-bond donors (Lipinski definition) is 2. The molecular formula is C11H26N2Si. The molecule has 0 saturated carbocycles. The van der Waals surface area contributed by atoms with Crippen molar-refractivity contribution in [3.63, 3.8) is 0 Å². The lowest BCUT2D eigenvalue weighted by atomic mass is 10.1. The van der Waals surface area contributed by atoms with Crippen LogP contribution in [0.5, 0.6) is 0 Å². The standard InChI is InChI=1S/C11H26N2Si/c1-10(2,3)12-9(7-8-14)13-11(4,5)6/h7,12-13H,8H2,1-6,14H3. The van der Waals surface area contributed by atoms with Gasteiger partial charge in [-0.25, -0.2) is 0 Å². The first-order valence-electron chi connectivity index (χ1n) is 5.40. The summed E-state index contributed by atoms with van der Waals surface area (Å²) in [5.74, 6) is 1.17. The summed E-state index contributed by atoms with van der Waals surface area (Å²) in [5, 5.41) is 6.97. The smallest absolute Gasteiger partial charge is 0.0950 e. The third-order valence-electron chi connectivity index (χ3n) is 1.43.